The molecule has 3 aliphatic rings. The molecule has 3 saturated carbocycles. The van der Waals surface area contributed by atoms with E-state index in [4.69, 9.17) is 10.5 Å². The molecule has 2 bridgehead atoms. The number of hydrogen-bond acceptors (Lipinski definition) is 7. The summed E-state index contributed by atoms with van der Waals surface area (Å²) in [6.07, 6.45) is 6.34. The average Bonchev–Trinajstić information content (AvgIpc) is 3.43. The lowest BCUT2D eigenvalue weighted by Crippen LogP contribution is -2.55. The molecule has 0 aliphatic heterocycles. The SMILES string of the molecule is CCOC(=O)C12CCC(C(C)NC(=O)c3cc(C(=O)O)nc4ccnn34)(CC1)CC2.NCc1ccc(F)cc1. The topological polar surface area (TPSA) is 149 Å². The molecule has 0 radical (unpaired) electrons. The summed E-state index contributed by atoms with van der Waals surface area (Å²) in [5, 5.41) is 16.5. The fraction of sp³-hybridized carbons (Fsp3) is 0.464. The van der Waals surface area contributed by atoms with Crippen LogP contribution in [0.15, 0.2) is 42.6 Å². The van der Waals surface area contributed by atoms with Crippen LogP contribution in [0.25, 0.3) is 5.65 Å². The summed E-state index contributed by atoms with van der Waals surface area (Å²) in [4.78, 5) is 40.9. The van der Waals surface area contributed by atoms with E-state index < -0.39 is 5.97 Å². The Morgan fingerprint density at radius 1 is 1.13 bits per heavy atom. The molecule has 3 aliphatic carbocycles. The molecule has 39 heavy (non-hydrogen) atoms. The fourth-order valence-corrected chi connectivity index (χ4v) is 5.68. The predicted octanol–water partition coefficient (Wildman–Crippen LogP) is 3.73. The molecule has 4 N–H and O–H groups in total. The Labute approximate surface area is 225 Å². The van der Waals surface area contributed by atoms with Crippen molar-refractivity contribution in [1.29, 1.82) is 0 Å². The van der Waals surface area contributed by atoms with Crippen molar-refractivity contribution in [2.24, 2.45) is 16.6 Å². The van der Waals surface area contributed by atoms with Gasteiger partial charge >= 0.3 is 11.9 Å². The number of carbonyl (C=O) groups excluding carboxylic acids is 2. The van der Waals surface area contributed by atoms with E-state index >= 15 is 0 Å². The molecule has 0 spiro atoms. The van der Waals surface area contributed by atoms with Gasteiger partial charge in [0.25, 0.3) is 5.91 Å². The first kappa shape index (κ1) is 28.2. The molecule has 6 rings (SSSR count). The number of nitrogens with two attached hydrogens (primary N) is 1. The van der Waals surface area contributed by atoms with Gasteiger partial charge in [-0.2, -0.15) is 5.10 Å². The molecule has 1 atom stereocenters. The number of aromatic nitrogens is 3. The molecule has 0 saturated heterocycles. The van der Waals surface area contributed by atoms with Crippen molar-refractivity contribution in [3.8, 4) is 0 Å². The normalized spacial score (nSPS) is 22.5. The van der Waals surface area contributed by atoms with E-state index in [2.05, 4.69) is 15.4 Å². The highest BCUT2D eigenvalue weighted by Crippen LogP contribution is 2.58. The van der Waals surface area contributed by atoms with Gasteiger partial charge < -0.3 is 20.9 Å². The number of fused-ring (bicyclic) bond motifs is 4. The molecule has 3 aromatic rings. The van der Waals surface area contributed by atoms with Crippen LogP contribution < -0.4 is 11.1 Å². The summed E-state index contributed by atoms with van der Waals surface area (Å²) in [7, 11) is 0. The third-order valence-electron chi connectivity index (χ3n) is 8.24. The largest absolute Gasteiger partial charge is 0.477 e. The van der Waals surface area contributed by atoms with Crippen molar-refractivity contribution < 1.29 is 28.6 Å². The summed E-state index contributed by atoms with van der Waals surface area (Å²) in [5.41, 5.74) is 6.03. The second-order valence-corrected chi connectivity index (χ2v) is 10.3. The van der Waals surface area contributed by atoms with Gasteiger partial charge in [-0.05, 0) is 75.5 Å². The smallest absolute Gasteiger partial charge is 0.354 e. The molecule has 1 aromatic carbocycles. The summed E-state index contributed by atoms with van der Waals surface area (Å²) >= 11 is 0. The van der Waals surface area contributed by atoms with Gasteiger partial charge in [0, 0.05) is 24.7 Å². The van der Waals surface area contributed by atoms with Crippen molar-refractivity contribution in [3.63, 3.8) is 0 Å². The Balaban J connectivity index is 0.000000333. The number of carboxylic acids is 1. The first-order valence-corrected chi connectivity index (χ1v) is 13.1. The molecular formula is C28H34FN5O5. The maximum Gasteiger partial charge on any atom is 0.354 e. The highest BCUT2D eigenvalue weighted by Gasteiger charge is 2.55. The predicted molar refractivity (Wildman–Crippen MR) is 140 cm³/mol. The minimum atomic E-state index is -1.20. The lowest BCUT2D eigenvalue weighted by molar-refractivity contribution is -0.166. The Bertz CT molecular complexity index is 1330. The quantitative estimate of drug-likeness (QED) is 0.385. The van der Waals surface area contributed by atoms with Crippen LogP contribution in [-0.2, 0) is 16.1 Å². The zero-order valence-corrected chi connectivity index (χ0v) is 22.2. The van der Waals surface area contributed by atoms with Crippen molar-refractivity contribution >= 4 is 23.5 Å². The number of carboxylic acid groups (broad SMARTS) is 1. The van der Waals surface area contributed by atoms with Gasteiger partial charge in [0.15, 0.2) is 11.3 Å². The highest BCUT2D eigenvalue weighted by molar-refractivity contribution is 5.96. The minimum absolute atomic E-state index is 0.0736. The molecule has 1 unspecified atom stereocenters. The van der Waals surface area contributed by atoms with Crippen LogP contribution >= 0.6 is 0 Å². The van der Waals surface area contributed by atoms with Crippen molar-refractivity contribution in [2.75, 3.05) is 6.61 Å². The maximum atomic E-state index is 13.0. The first-order valence-electron chi connectivity index (χ1n) is 13.1. The van der Waals surface area contributed by atoms with Gasteiger partial charge in [0.05, 0.1) is 18.2 Å². The van der Waals surface area contributed by atoms with Crippen LogP contribution in [0, 0.1) is 16.6 Å². The Morgan fingerprint density at radius 2 is 1.77 bits per heavy atom. The van der Waals surface area contributed by atoms with Crippen LogP contribution in [-0.4, -0.2) is 50.2 Å². The van der Waals surface area contributed by atoms with Crippen LogP contribution in [0.4, 0.5) is 4.39 Å². The van der Waals surface area contributed by atoms with E-state index in [1.807, 2.05) is 13.8 Å². The summed E-state index contributed by atoms with van der Waals surface area (Å²) in [6.45, 7) is 4.68. The van der Waals surface area contributed by atoms with Gasteiger partial charge in [0.2, 0.25) is 0 Å². The zero-order chi connectivity index (χ0) is 28.2. The Morgan fingerprint density at radius 3 is 2.33 bits per heavy atom. The van der Waals surface area contributed by atoms with E-state index in [0.29, 0.717) is 18.8 Å². The number of benzene rings is 1. The second-order valence-electron chi connectivity index (χ2n) is 10.3. The Kier molecular flexibility index (Phi) is 8.29. The zero-order valence-electron chi connectivity index (χ0n) is 22.2. The van der Waals surface area contributed by atoms with Crippen molar-refractivity contribution in [3.05, 3.63) is 65.4 Å². The number of esters is 1. The van der Waals surface area contributed by atoms with Crippen molar-refractivity contribution in [1.82, 2.24) is 19.9 Å². The van der Waals surface area contributed by atoms with Gasteiger partial charge in [-0.25, -0.2) is 18.7 Å². The van der Waals surface area contributed by atoms with Gasteiger partial charge in [0.1, 0.15) is 11.5 Å². The summed E-state index contributed by atoms with van der Waals surface area (Å²) in [6, 6.07) is 8.84. The number of rotatable bonds is 7. The molecule has 1 amide bonds. The number of amides is 1. The molecule has 2 heterocycles. The van der Waals surface area contributed by atoms with Gasteiger partial charge in [-0.15, -0.1) is 0 Å². The van der Waals surface area contributed by atoms with E-state index in [-0.39, 0.29) is 46.0 Å². The third kappa shape index (κ3) is 5.78. The van der Waals surface area contributed by atoms with E-state index in [1.165, 1.54) is 28.9 Å². The maximum absolute atomic E-state index is 13.0. The number of nitrogens with one attached hydrogen (secondary N) is 1. The number of aromatic carboxylic acids is 1. The van der Waals surface area contributed by atoms with Crippen LogP contribution in [0.1, 0.15) is 78.9 Å². The lowest BCUT2D eigenvalue weighted by atomic mass is 9.51. The summed E-state index contributed by atoms with van der Waals surface area (Å²) in [5.74, 6) is -1.89. The summed E-state index contributed by atoms with van der Waals surface area (Å²) < 4.78 is 18.8. The van der Waals surface area contributed by atoms with Crippen LogP contribution in [0.5, 0.6) is 0 Å². The lowest BCUT2D eigenvalue weighted by Gasteiger charge is -2.54. The third-order valence-corrected chi connectivity index (χ3v) is 8.24. The molecule has 10 nitrogen and oxygen atoms in total. The number of nitrogens with zero attached hydrogens (tertiary/aromatic N) is 3. The standard InChI is InChI=1S/C21H26N4O5.C7H8FN/c1-3-30-19(29)21-8-5-20(6-9-21,7-10-21)13(2)23-17(26)15-12-14(18(27)28)24-16-4-11-22-25(15)16;8-7-3-1-6(5-9)2-4-7/h4,11-13H,3,5-10H2,1-2H3,(H,23,26)(H,27,28);1-4H,5,9H2. The first-order chi connectivity index (χ1) is 18.6. The van der Waals surface area contributed by atoms with Crippen molar-refractivity contribution in [2.45, 2.75) is 65.0 Å². The second kappa shape index (κ2) is 11.5. The highest BCUT2D eigenvalue weighted by atomic mass is 19.1. The van der Waals surface area contributed by atoms with Crippen LogP contribution in [0.3, 0.4) is 0 Å². The molecule has 3 fully saturated rings. The van der Waals surface area contributed by atoms with Gasteiger partial charge in [-0.3, -0.25) is 9.59 Å². The number of hydrogen-bond donors (Lipinski definition) is 3. The van der Waals surface area contributed by atoms with E-state index in [0.717, 1.165) is 44.1 Å². The van der Waals surface area contributed by atoms with Crippen LogP contribution in [0.2, 0.25) is 0 Å². The van der Waals surface area contributed by atoms with Gasteiger partial charge in [-0.1, -0.05) is 12.1 Å². The van der Waals surface area contributed by atoms with E-state index in [1.54, 1.807) is 18.2 Å². The molecular weight excluding hydrogens is 505 g/mol. The molecule has 2 aromatic heterocycles. The monoisotopic (exact) mass is 539 g/mol. The number of carbonyl (C=O) groups is 3. The molecule has 208 valence electrons. The fourth-order valence-electron chi connectivity index (χ4n) is 5.68. The average molecular weight is 540 g/mol. The number of ether oxygens (including phenoxy) is 1. The van der Waals surface area contributed by atoms with E-state index in [9.17, 15) is 23.9 Å². The number of halogens is 1. The minimum Gasteiger partial charge on any atom is -0.477 e. The molecule has 11 heteroatoms. The Hall–Kier alpha value is -3.86.